The molecule has 1 atom stereocenters. The standard InChI is InChI=1S/C32H35ClN4O5.C2H6.CH3Cl/c1-20(2)16-17-34-19-22-11-15-28-25(18-22)30(39)37(32(42)36(28)3)23-12-8-21(9-13-23)10-14-27(31(40)41)35-29(38)24-6-4-5-7-26(24)33;2*1-2/h4-9,11-13,15,18,20,27,34H,10,14,16-17,19H2,1-3H3,(H,35,38)(H,40,41);1-2H3;1H3. The van der Waals surface area contributed by atoms with Crippen LogP contribution in [0, 0.1) is 5.92 Å². The first-order valence-corrected chi connectivity index (χ1v) is 16.4. The lowest BCUT2D eigenvalue weighted by atomic mass is 10.0. The van der Waals surface area contributed by atoms with E-state index >= 15 is 0 Å². The summed E-state index contributed by atoms with van der Waals surface area (Å²) in [5.74, 6) is -1.13. The highest BCUT2D eigenvalue weighted by molar-refractivity contribution is 6.33. The fraction of sp³-hybridized carbons (Fsp3) is 0.371. The third-order valence-electron chi connectivity index (χ3n) is 7.20. The van der Waals surface area contributed by atoms with Crippen molar-refractivity contribution in [2.45, 2.75) is 59.5 Å². The number of aromatic nitrogens is 2. The highest BCUT2D eigenvalue weighted by atomic mass is 35.5. The largest absolute Gasteiger partial charge is 0.480 e. The maximum Gasteiger partial charge on any atom is 0.335 e. The van der Waals surface area contributed by atoms with Crippen molar-refractivity contribution in [1.82, 2.24) is 19.8 Å². The second kappa shape index (κ2) is 18.9. The van der Waals surface area contributed by atoms with Gasteiger partial charge >= 0.3 is 11.7 Å². The molecule has 11 heteroatoms. The van der Waals surface area contributed by atoms with E-state index in [1.54, 1.807) is 55.6 Å². The minimum absolute atomic E-state index is 0.135. The van der Waals surface area contributed by atoms with Gasteiger partial charge in [-0.15, -0.1) is 11.6 Å². The van der Waals surface area contributed by atoms with Gasteiger partial charge in [0.2, 0.25) is 0 Å². The number of hydrogen-bond donors (Lipinski definition) is 3. The first-order chi connectivity index (χ1) is 22.1. The molecule has 0 bridgehead atoms. The van der Waals surface area contributed by atoms with Gasteiger partial charge in [-0.25, -0.2) is 14.2 Å². The van der Waals surface area contributed by atoms with Crippen LogP contribution in [0.25, 0.3) is 16.6 Å². The number of halogens is 2. The molecular weight excluding hydrogens is 627 g/mol. The number of alkyl halides is 1. The Labute approximate surface area is 280 Å². The van der Waals surface area contributed by atoms with Crippen LogP contribution in [0.5, 0.6) is 0 Å². The van der Waals surface area contributed by atoms with Crippen LogP contribution in [0.3, 0.4) is 0 Å². The normalized spacial score (nSPS) is 11.2. The zero-order valence-electron chi connectivity index (χ0n) is 27.3. The van der Waals surface area contributed by atoms with Crippen molar-refractivity contribution in [2.75, 3.05) is 12.9 Å². The van der Waals surface area contributed by atoms with Crippen LogP contribution < -0.4 is 21.9 Å². The molecule has 0 saturated carbocycles. The van der Waals surface area contributed by atoms with Crippen LogP contribution >= 0.6 is 23.2 Å². The first kappa shape index (κ1) is 38.3. The molecule has 3 N–H and O–H groups in total. The fourth-order valence-electron chi connectivity index (χ4n) is 4.73. The molecule has 0 spiro atoms. The maximum atomic E-state index is 13.5. The lowest BCUT2D eigenvalue weighted by Crippen LogP contribution is -2.41. The van der Waals surface area contributed by atoms with Crippen molar-refractivity contribution in [2.24, 2.45) is 13.0 Å². The number of hydrogen-bond acceptors (Lipinski definition) is 5. The molecule has 1 amide bonds. The number of nitrogens with zero attached hydrogens (tertiary/aromatic N) is 2. The molecule has 4 rings (SSSR count). The number of nitrogens with one attached hydrogen (secondary N) is 2. The van der Waals surface area contributed by atoms with Gasteiger partial charge in [-0.3, -0.25) is 14.2 Å². The van der Waals surface area contributed by atoms with Crippen molar-refractivity contribution in [1.29, 1.82) is 0 Å². The van der Waals surface area contributed by atoms with Gasteiger partial charge in [0.1, 0.15) is 6.04 Å². The Morgan fingerprint density at radius 3 is 2.15 bits per heavy atom. The predicted octanol–water partition coefficient (Wildman–Crippen LogP) is 6.18. The Bertz CT molecular complexity index is 1720. The summed E-state index contributed by atoms with van der Waals surface area (Å²) < 4.78 is 2.60. The number of benzene rings is 3. The van der Waals surface area contributed by atoms with Gasteiger partial charge < -0.3 is 15.7 Å². The lowest BCUT2D eigenvalue weighted by molar-refractivity contribution is -0.139. The van der Waals surface area contributed by atoms with E-state index in [0.29, 0.717) is 35.5 Å². The number of carboxylic acid groups (broad SMARTS) is 1. The van der Waals surface area contributed by atoms with Crippen LogP contribution in [0.15, 0.2) is 76.3 Å². The third-order valence-corrected chi connectivity index (χ3v) is 7.53. The zero-order valence-corrected chi connectivity index (χ0v) is 28.8. The van der Waals surface area contributed by atoms with Gasteiger partial charge in [-0.05, 0) is 79.3 Å². The molecule has 9 nitrogen and oxygen atoms in total. The van der Waals surface area contributed by atoms with Crippen LogP contribution in [0.1, 0.15) is 62.0 Å². The van der Waals surface area contributed by atoms with Gasteiger partial charge in [-0.2, -0.15) is 0 Å². The summed E-state index contributed by atoms with van der Waals surface area (Å²) >= 11 is 10.7. The predicted molar refractivity (Wildman–Crippen MR) is 188 cm³/mol. The Hall–Kier alpha value is -3.92. The number of carbonyl (C=O) groups is 2. The van der Waals surface area contributed by atoms with Crippen molar-refractivity contribution in [3.63, 3.8) is 0 Å². The number of amides is 1. The molecule has 0 aliphatic heterocycles. The van der Waals surface area contributed by atoms with Crippen molar-refractivity contribution < 1.29 is 14.7 Å². The number of fused-ring (bicyclic) bond motifs is 1. The molecule has 0 aliphatic rings. The van der Waals surface area contributed by atoms with Crippen LogP contribution in [-0.4, -0.2) is 45.1 Å². The molecule has 1 unspecified atom stereocenters. The van der Waals surface area contributed by atoms with Crippen LogP contribution in [0.4, 0.5) is 0 Å². The molecule has 0 radical (unpaired) electrons. The van der Waals surface area contributed by atoms with E-state index in [2.05, 4.69) is 36.1 Å². The summed E-state index contributed by atoms with van der Waals surface area (Å²) in [6.45, 7) is 9.84. The summed E-state index contributed by atoms with van der Waals surface area (Å²) in [5, 5.41) is 16.3. The molecule has 1 heterocycles. The van der Waals surface area contributed by atoms with E-state index < -0.39 is 29.2 Å². The fourth-order valence-corrected chi connectivity index (χ4v) is 4.95. The van der Waals surface area contributed by atoms with E-state index in [1.165, 1.54) is 17.0 Å². The van der Waals surface area contributed by atoms with Gasteiger partial charge in [0.25, 0.3) is 11.5 Å². The topological polar surface area (TPSA) is 122 Å². The third kappa shape index (κ3) is 10.0. The average Bonchev–Trinajstić information content (AvgIpc) is 3.06. The van der Waals surface area contributed by atoms with Gasteiger partial charge in [-0.1, -0.05) is 69.6 Å². The van der Waals surface area contributed by atoms with E-state index in [9.17, 15) is 24.3 Å². The number of aryl methyl sites for hydroxylation is 2. The van der Waals surface area contributed by atoms with E-state index in [1.807, 2.05) is 26.0 Å². The molecule has 248 valence electrons. The van der Waals surface area contributed by atoms with Gasteiger partial charge in [0.05, 0.1) is 27.2 Å². The molecule has 0 aliphatic carbocycles. The summed E-state index contributed by atoms with van der Waals surface area (Å²) in [5.41, 5.74) is 2.05. The molecule has 46 heavy (non-hydrogen) atoms. The maximum absolute atomic E-state index is 13.5. The SMILES string of the molecule is CC.CC(C)CCNCc1ccc2c(c1)c(=O)n(-c1ccc(CCC(NC(=O)c3ccccc3Cl)C(=O)O)cc1)c(=O)n2C.CCl. The van der Waals surface area contributed by atoms with Gasteiger partial charge in [0.15, 0.2) is 0 Å². The monoisotopic (exact) mass is 670 g/mol. The number of carbonyl (C=O) groups excluding carboxylic acids is 1. The summed E-state index contributed by atoms with van der Waals surface area (Å²) in [6.07, 6.45) is 3.01. The van der Waals surface area contributed by atoms with Crippen molar-refractivity contribution in [3.8, 4) is 5.69 Å². The average molecular weight is 672 g/mol. The molecule has 3 aromatic carbocycles. The summed E-state index contributed by atoms with van der Waals surface area (Å²) in [7, 11) is 1.64. The molecular formula is C35H44Cl2N4O5. The highest BCUT2D eigenvalue weighted by Gasteiger charge is 2.22. The smallest absolute Gasteiger partial charge is 0.335 e. The summed E-state index contributed by atoms with van der Waals surface area (Å²) in [6, 6.07) is 17.7. The number of aliphatic carboxylic acids is 1. The van der Waals surface area contributed by atoms with Gasteiger partial charge in [0, 0.05) is 20.0 Å². The summed E-state index contributed by atoms with van der Waals surface area (Å²) in [4.78, 5) is 51.1. The number of rotatable bonds is 12. The van der Waals surface area contributed by atoms with Crippen LogP contribution in [-0.2, 0) is 24.8 Å². The highest BCUT2D eigenvalue weighted by Crippen LogP contribution is 2.17. The van der Waals surface area contributed by atoms with Crippen molar-refractivity contribution >= 4 is 46.0 Å². The molecule has 0 fully saturated rings. The molecule has 4 aromatic rings. The zero-order chi connectivity index (χ0) is 34.4. The lowest BCUT2D eigenvalue weighted by Gasteiger charge is -2.15. The Morgan fingerprint density at radius 2 is 1.54 bits per heavy atom. The van der Waals surface area contributed by atoms with E-state index in [4.69, 9.17) is 11.6 Å². The second-order valence-electron chi connectivity index (χ2n) is 10.7. The van der Waals surface area contributed by atoms with E-state index in [-0.39, 0.29) is 17.0 Å². The molecule has 1 aromatic heterocycles. The Kier molecular flexibility index (Phi) is 15.7. The number of carboxylic acids is 1. The Morgan fingerprint density at radius 1 is 0.913 bits per heavy atom. The van der Waals surface area contributed by atoms with Crippen LogP contribution in [0.2, 0.25) is 5.02 Å². The Balaban J connectivity index is 0.00000177. The minimum atomic E-state index is -1.16. The molecule has 0 saturated heterocycles. The quantitative estimate of drug-likeness (QED) is 0.122. The minimum Gasteiger partial charge on any atom is -0.480 e. The van der Waals surface area contributed by atoms with E-state index in [0.717, 1.165) is 28.7 Å². The van der Waals surface area contributed by atoms with Crippen molar-refractivity contribution in [3.05, 3.63) is 109 Å². The second-order valence-corrected chi connectivity index (χ2v) is 11.1. The first-order valence-electron chi connectivity index (χ1n) is 15.3.